The quantitative estimate of drug-likeness (QED) is 0.492. The third-order valence-corrected chi connectivity index (χ3v) is 5.53. The van der Waals surface area contributed by atoms with Crippen LogP contribution in [0.5, 0.6) is 5.75 Å². The van der Waals surface area contributed by atoms with E-state index < -0.39 is 34.1 Å². The van der Waals surface area contributed by atoms with E-state index in [0.717, 1.165) is 5.56 Å². The maximum Gasteiger partial charge on any atom is 0.339 e. The first-order chi connectivity index (χ1) is 14.5. The summed E-state index contributed by atoms with van der Waals surface area (Å²) in [5, 5.41) is 4.43. The summed E-state index contributed by atoms with van der Waals surface area (Å²) in [4.78, 5) is 35.5. The first-order valence-corrected chi connectivity index (χ1v) is 10.9. The largest absolute Gasteiger partial charge is 0.449 e. The fraction of sp³-hybridized carbons (Fsp3) is 0.286. The lowest BCUT2D eigenvalue weighted by molar-refractivity contribution is -0.127. The van der Waals surface area contributed by atoms with Gasteiger partial charge in [-0.05, 0) is 69.2 Å². The van der Waals surface area contributed by atoms with Crippen molar-refractivity contribution in [3.8, 4) is 5.75 Å². The van der Waals surface area contributed by atoms with Crippen LogP contribution in [0.3, 0.4) is 0 Å². The summed E-state index contributed by atoms with van der Waals surface area (Å²) in [7, 11) is -4.05. The Morgan fingerprint density at radius 3 is 2.29 bits per heavy atom. The summed E-state index contributed by atoms with van der Waals surface area (Å²) in [6.45, 7) is 6.78. The van der Waals surface area contributed by atoms with Gasteiger partial charge in [-0.3, -0.25) is 10.1 Å². The SMILES string of the molecule is CCNC(=O)NC(=O)C(C)OC(=O)c1ccc(OS(=O)(=O)c2cc(C)ccc2C)cc1. The minimum absolute atomic E-state index is 0.0134. The molecule has 31 heavy (non-hydrogen) atoms. The summed E-state index contributed by atoms with van der Waals surface area (Å²) in [5.41, 5.74) is 1.40. The molecule has 0 saturated carbocycles. The molecule has 2 aromatic carbocycles. The molecule has 0 aliphatic carbocycles. The number of carbonyl (C=O) groups excluding carboxylic acids is 3. The van der Waals surface area contributed by atoms with Crippen LogP contribution in [0.15, 0.2) is 47.4 Å². The van der Waals surface area contributed by atoms with Crippen molar-refractivity contribution < 1.29 is 31.7 Å². The topological polar surface area (TPSA) is 128 Å². The highest BCUT2D eigenvalue weighted by Crippen LogP contribution is 2.23. The van der Waals surface area contributed by atoms with E-state index >= 15 is 0 Å². The van der Waals surface area contributed by atoms with Gasteiger partial charge < -0.3 is 14.2 Å². The van der Waals surface area contributed by atoms with Crippen LogP contribution in [-0.2, 0) is 19.6 Å². The molecule has 2 rings (SSSR count). The van der Waals surface area contributed by atoms with Crippen molar-refractivity contribution in [2.45, 2.75) is 38.7 Å². The van der Waals surface area contributed by atoms with E-state index in [1.807, 2.05) is 5.32 Å². The maximum atomic E-state index is 12.6. The normalized spacial score (nSPS) is 11.9. The average molecular weight is 448 g/mol. The number of urea groups is 1. The molecule has 0 aromatic heterocycles. The monoisotopic (exact) mass is 448 g/mol. The third-order valence-electron chi connectivity index (χ3n) is 4.14. The van der Waals surface area contributed by atoms with E-state index in [4.69, 9.17) is 8.92 Å². The molecular formula is C21H24N2O7S. The Bertz CT molecular complexity index is 1080. The van der Waals surface area contributed by atoms with Gasteiger partial charge in [-0.1, -0.05) is 12.1 Å². The number of benzene rings is 2. The van der Waals surface area contributed by atoms with E-state index in [1.54, 1.807) is 32.9 Å². The number of carbonyl (C=O) groups is 3. The predicted molar refractivity (Wildman–Crippen MR) is 112 cm³/mol. The van der Waals surface area contributed by atoms with E-state index in [1.165, 1.54) is 37.3 Å². The van der Waals surface area contributed by atoms with Gasteiger partial charge in [0.05, 0.1) is 5.56 Å². The van der Waals surface area contributed by atoms with Gasteiger partial charge in [-0.15, -0.1) is 0 Å². The van der Waals surface area contributed by atoms with Gasteiger partial charge in [0.2, 0.25) is 0 Å². The number of rotatable bonds is 7. The van der Waals surface area contributed by atoms with Crippen LogP contribution in [0.4, 0.5) is 4.79 Å². The van der Waals surface area contributed by atoms with Gasteiger partial charge in [0, 0.05) is 6.54 Å². The van der Waals surface area contributed by atoms with Crippen LogP contribution in [-0.4, -0.2) is 39.0 Å². The molecule has 0 aliphatic heterocycles. The third kappa shape index (κ3) is 6.54. The number of hydrogen-bond acceptors (Lipinski definition) is 7. The number of aryl methyl sites for hydroxylation is 2. The van der Waals surface area contributed by atoms with Crippen LogP contribution >= 0.6 is 0 Å². The highest BCUT2D eigenvalue weighted by Gasteiger charge is 2.22. The Labute approximate surface area is 180 Å². The number of hydrogen-bond donors (Lipinski definition) is 2. The molecule has 0 heterocycles. The van der Waals surface area contributed by atoms with Crippen LogP contribution < -0.4 is 14.8 Å². The highest BCUT2D eigenvalue weighted by atomic mass is 32.2. The molecule has 0 aliphatic rings. The summed E-state index contributed by atoms with van der Waals surface area (Å²) in [6.07, 6.45) is -1.21. The van der Waals surface area contributed by atoms with Crippen LogP contribution in [0.2, 0.25) is 0 Å². The van der Waals surface area contributed by atoms with Crippen molar-refractivity contribution in [1.29, 1.82) is 0 Å². The Hall–Kier alpha value is -3.40. The summed E-state index contributed by atoms with van der Waals surface area (Å²) >= 11 is 0. The van der Waals surface area contributed by atoms with Gasteiger partial charge in [0.25, 0.3) is 5.91 Å². The molecule has 2 N–H and O–H groups in total. The second kappa shape index (κ2) is 10.1. The van der Waals surface area contributed by atoms with E-state index in [-0.39, 0.29) is 16.2 Å². The zero-order chi connectivity index (χ0) is 23.2. The first kappa shape index (κ1) is 23.9. The lowest BCUT2D eigenvalue weighted by Crippen LogP contribution is -2.44. The molecule has 166 valence electrons. The predicted octanol–water partition coefficient (Wildman–Crippen LogP) is 2.46. The molecule has 0 radical (unpaired) electrons. The molecule has 0 spiro atoms. The number of nitrogens with one attached hydrogen (secondary N) is 2. The molecule has 10 heteroatoms. The Morgan fingerprint density at radius 2 is 1.68 bits per heavy atom. The number of imide groups is 1. The summed E-state index contributed by atoms with van der Waals surface area (Å²) in [6, 6.07) is 9.54. The average Bonchev–Trinajstić information content (AvgIpc) is 2.70. The second-order valence-corrected chi connectivity index (χ2v) is 8.24. The van der Waals surface area contributed by atoms with Crippen LogP contribution in [0.1, 0.15) is 35.3 Å². The fourth-order valence-corrected chi connectivity index (χ4v) is 3.74. The molecule has 1 unspecified atom stereocenters. The summed E-state index contributed by atoms with van der Waals surface area (Å²) in [5.74, 6) is -1.58. The fourth-order valence-electron chi connectivity index (χ4n) is 2.50. The van der Waals surface area contributed by atoms with Gasteiger partial charge >= 0.3 is 22.1 Å². The summed E-state index contributed by atoms with van der Waals surface area (Å²) < 4.78 is 35.3. The smallest absolute Gasteiger partial charge is 0.339 e. The molecular weight excluding hydrogens is 424 g/mol. The van der Waals surface area contributed by atoms with Crippen molar-refractivity contribution in [2.24, 2.45) is 0 Å². The number of ether oxygens (including phenoxy) is 1. The molecule has 9 nitrogen and oxygen atoms in total. The molecule has 0 saturated heterocycles. The van der Waals surface area contributed by atoms with E-state index in [0.29, 0.717) is 12.1 Å². The van der Waals surface area contributed by atoms with Crippen LogP contribution in [0.25, 0.3) is 0 Å². The maximum absolute atomic E-state index is 12.6. The van der Waals surface area contributed by atoms with Crippen molar-refractivity contribution >= 4 is 28.0 Å². The highest BCUT2D eigenvalue weighted by molar-refractivity contribution is 7.87. The Kier molecular flexibility index (Phi) is 7.76. The molecule has 2 aromatic rings. The van der Waals surface area contributed by atoms with Crippen LogP contribution in [0, 0.1) is 13.8 Å². The minimum atomic E-state index is -4.05. The second-order valence-electron chi connectivity index (χ2n) is 6.73. The van der Waals surface area contributed by atoms with E-state index in [9.17, 15) is 22.8 Å². The van der Waals surface area contributed by atoms with Gasteiger partial charge in [0.1, 0.15) is 10.6 Å². The zero-order valence-electron chi connectivity index (χ0n) is 17.6. The van der Waals surface area contributed by atoms with Crippen molar-refractivity contribution in [3.05, 3.63) is 59.2 Å². The Balaban J connectivity index is 2.04. The van der Waals surface area contributed by atoms with Gasteiger partial charge in [0.15, 0.2) is 6.10 Å². The standard InChI is InChI=1S/C21H24N2O7S/c1-5-22-21(26)23-19(24)15(4)29-20(25)16-8-10-17(11-9-16)30-31(27,28)18-12-13(2)6-7-14(18)3/h6-12,15H,5H2,1-4H3,(H2,22,23,24,26). The number of amides is 3. The first-order valence-electron chi connectivity index (χ1n) is 9.45. The minimum Gasteiger partial charge on any atom is -0.449 e. The van der Waals surface area contributed by atoms with Crippen molar-refractivity contribution in [2.75, 3.05) is 6.54 Å². The van der Waals surface area contributed by atoms with Crippen molar-refractivity contribution in [1.82, 2.24) is 10.6 Å². The molecule has 1 atom stereocenters. The van der Waals surface area contributed by atoms with E-state index in [2.05, 4.69) is 5.32 Å². The number of esters is 1. The molecule has 3 amide bonds. The van der Waals surface area contributed by atoms with Gasteiger partial charge in [-0.25, -0.2) is 9.59 Å². The lowest BCUT2D eigenvalue weighted by Gasteiger charge is -2.13. The zero-order valence-corrected chi connectivity index (χ0v) is 18.4. The lowest BCUT2D eigenvalue weighted by atomic mass is 10.2. The Morgan fingerprint density at radius 1 is 1.03 bits per heavy atom. The molecule has 0 bridgehead atoms. The van der Waals surface area contributed by atoms with Crippen molar-refractivity contribution in [3.63, 3.8) is 0 Å². The molecule has 0 fully saturated rings. The van der Waals surface area contributed by atoms with Gasteiger partial charge in [-0.2, -0.15) is 8.42 Å².